The number of ether oxygens (including phenoxy) is 1. The minimum atomic E-state index is -0.206. The van der Waals surface area contributed by atoms with Crippen LogP contribution in [0.1, 0.15) is 35.3 Å². The van der Waals surface area contributed by atoms with Gasteiger partial charge in [-0.05, 0) is 29.2 Å². The van der Waals surface area contributed by atoms with E-state index in [1.807, 2.05) is 26.0 Å². The molecule has 1 atom stereocenters. The Morgan fingerprint density at radius 3 is 2.78 bits per heavy atom. The normalized spacial score (nSPS) is 15.6. The van der Waals surface area contributed by atoms with Gasteiger partial charge >= 0.3 is 0 Å². The number of carbonyl (C=O) groups is 1. The number of aliphatic hydroxyl groups is 1. The third kappa shape index (κ3) is 2.71. The molecule has 1 aromatic rings. The van der Waals surface area contributed by atoms with Crippen molar-refractivity contribution in [1.29, 1.82) is 0 Å². The smallest absolute Gasteiger partial charge is 0.251 e. The minimum absolute atomic E-state index is 0.0442. The molecule has 4 nitrogen and oxygen atoms in total. The number of carbonyl (C=O) groups excluding carboxylic acids is 1. The van der Waals surface area contributed by atoms with Crippen molar-refractivity contribution in [2.24, 2.45) is 5.92 Å². The first kappa shape index (κ1) is 13.1. The molecule has 0 unspecified atom stereocenters. The van der Waals surface area contributed by atoms with Gasteiger partial charge in [0.2, 0.25) is 0 Å². The van der Waals surface area contributed by atoms with Gasteiger partial charge in [-0.25, -0.2) is 0 Å². The Morgan fingerprint density at radius 1 is 1.39 bits per heavy atom. The Kier molecular flexibility index (Phi) is 3.99. The molecule has 0 fully saturated rings. The zero-order chi connectivity index (χ0) is 13.1. The summed E-state index contributed by atoms with van der Waals surface area (Å²) in [5.41, 5.74) is 2.85. The second kappa shape index (κ2) is 5.50. The molecular formula is C14H19NO3. The van der Waals surface area contributed by atoms with Gasteiger partial charge in [0, 0.05) is 5.56 Å². The van der Waals surface area contributed by atoms with Crippen molar-refractivity contribution in [3.8, 4) is 0 Å². The predicted molar refractivity (Wildman–Crippen MR) is 68.1 cm³/mol. The van der Waals surface area contributed by atoms with E-state index in [-0.39, 0.29) is 24.5 Å². The molecule has 0 bridgehead atoms. The molecule has 1 aliphatic rings. The van der Waals surface area contributed by atoms with E-state index in [1.54, 1.807) is 6.07 Å². The fraction of sp³-hybridized carbons (Fsp3) is 0.500. The summed E-state index contributed by atoms with van der Waals surface area (Å²) in [6, 6.07) is 5.40. The zero-order valence-electron chi connectivity index (χ0n) is 10.8. The van der Waals surface area contributed by atoms with Gasteiger partial charge in [0.05, 0.1) is 25.9 Å². The lowest BCUT2D eigenvalue weighted by molar-refractivity contribution is 0.0896. The van der Waals surface area contributed by atoms with E-state index in [0.29, 0.717) is 18.8 Å². The highest BCUT2D eigenvalue weighted by Crippen LogP contribution is 2.20. The van der Waals surface area contributed by atoms with Crippen LogP contribution in [0.25, 0.3) is 0 Å². The molecule has 98 valence electrons. The monoisotopic (exact) mass is 249 g/mol. The highest BCUT2D eigenvalue weighted by atomic mass is 16.5. The number of benzene rings is 1. The first-order valence-electron chi connectivity index (χ1n) is 6.23. The van der Waals surface area contributed by atoms with Gasteiger partial charge in [0.1, 0.15) is 0 Å². The van der Waals surface area contributed by atoms with E-state index in [2.05, 4.69) is 5.32 Å². The average molecular weight is 249 g/mol. The van der Waals surface area contributed by atoms with Gasteiger partial charge in [0.15, 0.2) is 0 Å². The Hall–Kier alpha value is -1.39. The largest absolute Gasteiger partial charge is 0.394 e. The summed E-state index contributed by atoms with van der Waals surface area (Å²) in [6.45, 7) is 5.10. The van der Waals surface area contributed by atoms with Crippen LogP contribution < -0.4 is 5.32 Å². The fourth-order valence-electron chi connectivity index (χ4n) is 1.99. The molecule has 1 aliphatic heterocycles. The standard InChI is InChI=1S/C14H19NO3/c1-9(2)13(6-16)15-14(17)10-3-4-11-7-18-8-12(11)5-10/h3-5,9,13,16H,6-8H2,1-2H3,(H,15,17)/t13-/m1/s1. The summed E-state index contributed by atoms with van der Waals surface area (Å²) < 4.78 is 5.32. The lowest BCUT2D eigenvalue weighted by atomic mass is 10.0. The van der Waals surface area contributed by atoms with Gasteiger partial charge in [-0.1, -0.05) is 19.9 Å². The van der Waals surface area contributed by atoms with Crippen LogP contribution in [0.15, 0.2) is 18.2 Å². The third-order valence-corrected chi connectivity index (χ3v) is 3.30. The molecule has 2 N–H and O–H groups in total. The topological polar surface area (TPSA) is 58.6 Å². The fourth-order valence-corrected chi connectivity index (χ4v) is 1.99. The molecule has 1 amide bonds. The maximum Gasteiger partial charge on any atom is 0.251 e. The van der Waals surface area contributed by atoms with E-state index in [1.165, 1.54) is 0 Å². The molecule has 0 aromatic heterocycles. The molecule has 18 heavy (non-hydrogen) atoms. The van der Waals surface area contributed by atoms with E-state index in [4.69, 9.17) is 4.74 Å². The molecule has 1 heterocycles. The summed E-state index contributed by atoms with van der Waals surface area (Å²) >= 11 is 0. The molecule has 0 saturated carbocycles. The predicted octanol–water partition coefficient (Wildman–Crippen LogP) is 1.46. The molecule has 1 aromatic carbocycles. The van der Waals surface area contributed by atoms with Crippen LogP contribution in [0.2, 0.25) is 0 Å². The Morgan fingerprint density at radius 2 is 2.11 bits per heavy atom. The lowest BCUT2D eigenvalue weighted by Crippen LogP contribution is -2.41. The number of hydrogen-bond acceptors (Lipinski definition) is 3. The second-order valence-corrected chi connectivity index (χ2v) is 4.98. The summed E-state index contributed by atoms with van der Waals surface area (Å²) in [5, 5.41) is 12.1. The average Bonchev–Trinajstić information content (AvgIpc) is 2.82. The first-order chi connectivity index (χ1) is 8.61. The summed E-state index contributed by atoms with van der Waals surface area (Å²) in [6.07, 6.45) is 0. The number of fused-ring (bicyclic) bond motifs is 1. The molecule has 2 rings (SSSR count). The van der Waals surface area contributed by atoms with Crippen LogP contribution >= 0.6 is 0 Å². The SMILES string of the molecule is CC(C)[C@@H](CO)NC(=O)c1ccc2c(c1)COC2. The summed E-state index contributed by atoms with van der Waals surface area (Å²) in [5.74, 6) is 0.0640. The van der Waals surface area contributed by atoms with Gasteiger partial charge in [-0.15, -0.1) is 0 Å². The quantitative estimate of drug-likeness (QED) is 0.849. The lowest BCUT2D eigenvalue weighted by Gasteiger charge is -2.20. The number of rotatable bonds is 4. The van der Waals surface area contributed by atoms with E-state index in [0.717, 1.165) is 11.1 Å². The maximum absolute atomic E-state index is 12.1. The van der Waals surface area contributed by atoms with Crippen molar-refractivity contribution < 1.29 is 14.6 Å². The number of nitrogens with one attached hydrogen (secondary N) is 1. The van der Waals surface area contributed by atoms with Gasteiger partial charge in [-0.3, -0.25) is 4.79 Å². The molecule has 4 heteroatoms. The Balaban J connectivity index is 2.09. The van der Waals surface area contributed by atoms with Crippen molar-refractivity contribution in [2.45, 2.75) is 33.1 Å². The molecule has 0 saturated heterocycles. The second-order valence-electron chi connectivity index (χ2n) is 4.98. The van der Waals surface area contributed by atoms with Crippen molar-refractivity contribution in [3.05, 3.63) is 34.9 Å². The maximum atomic E-state index is 12.1. The van der Waals surface area contributed by atoms with E-state index >= 15 is 0 Å². The number of hydrogen-bond donors (Lipinski definition) is 2. The third-order valence-electron chi connectivity index (χ3n) is 3.30. The summed E-state index contributed by atoms with van der Waals surface area (Å²) in [4.78, 5) is 12.1. The van der Waals surface area contributed by atoms with Gasteiger partial charge in [0.25, 0.3) is 5.91 Å². The van der Waals surface area contributed by atoms with Crippen molar-refractivity contribution in [2.75, 3.05) is 6.61 Å². The number of amides is 1. The molecule has 0 aliphatic carbocycles. The van der Waals surface area contributed by atoms with Crippen molar-refractivity contribution in [3.63, 3.8) is 0 Å². The van der Waals surface area contributed by atoms with Crippen LogP contribution in [0.5, 0.6) is 0 Å². The van der Waals surface area contributed by atoms with Crippen molar-refractivity contribution >= 4 is 5.91 Å². The molecule has 0 radical (unpaired) electrons. The van der Waals surface area contributed by atoms with Crippen LogP contribution in [0.3, 0.4) is 0 Å². The highest BCUT2D eigenvalue weighted by molar-refractivity contribution is 5.94. The van der Waals surface area contributed by atoms with Crippen molar-refractivity contribution in [1.82, 2.24) is 5.32 Å². The summed E-state index contributed by atoms with van der Waals surface area (Å²) in [7, 11) is 0. The number of aliphatic hydroxyl groups excluding tert-OH is 1. The van der Waals surface area contributed by atoms with Crippen LogP contribution in [-0.4, -0.2) is 23.7 Å². The van der Waals surface area contributed by atoms with Crippen LogP contribution in [0, 0.1) is 5.92 Å². The molecular weight excluding hydrogens is 230 g/mol. The Labute approximate surface area is 107 Å². The minimum Gasteiger partial charge on any atom is -0.394 e. The van der Waals surface area contributed by atoms with Gasteiger partial charge in [-0.2, -0.15) is 0 Å². The molecule has 0 spiro atoms. The van der Waals surface area contributed by atoms with Gasteiger partial charge < -0.3 is 15.2 Å². The van der Waals surface area contributed by atoms with Crippen LogP contribution in [-0.2, 0) is 18.0 Å². The highest BCUT2D eigenvalue weighted by Gasteiger charge is 2.18. The van der Waals surface area contributed by atoms with E-state index < -0.39 is 0 Å². The Bertz CT molecular complexity index is 443. The zero-order valence-corrected chi connectivity index (χ0v) is 10.8. The first-order valence-corrected chi connectivity index (χ1v) is 6.23. The van der Waals surface area contributed by atoms with E-state index in [9.17, 15) is 9.90 Å². The van der Waals surface area contributed by atoms with Crippen LogP contribution in [0.4, 0.5) is 0 Å².